The van der Waals surface area contributed by atoms with Crippen molar-refractivity contribution in [3.05, 3.63) is 141 Å². The summed E-state index contributed by atoms with van der Waals surface area (Å²) >= 11 is 0. The molecule has 8 atom stereocenters. The van der Waals surface area contributed by atoms with Crippen LogP contribution in [0.25, 0.3) is 0 Å². The number of primary amides is 1. The van der Waals surface area contributed by atoms with Crippen molar-refractivity contribution >= 4 is 23.9 Å². The Morgan fingerprint density at radius 3 is 1.18 bits per heavy atom. The summed E-state index contributed by atoms with van der Waals surface area (Å²) in [4.78, 5) is 60.2. The Morgan fingerprint density at radius 1 is 0.550 bits per heavy atom. The lowest BCUT2D eigenvalue weighted by Crippen LogP contribution is -2.51. The van der Waals surface area contributed by atoms with Crippen LogP contribution >= 0.6 is 0 Å². The molecule has 80 heavy (non-hydrogen) atoms. The van der Waals surface area contributed by atoms with Crippen molar-refractivity contribution in [3.63, 3.8) is 0 Å². The molecule has 24 heteroatoms. The average Bonchev–Trinajstić information content (AvgIpc) is 3.99. The number of benzene rings is 4. The number of urea groups is 2. The molecule has 8 rings (SSSR count). The third-order valence-electron chi connectivity index (χ3n) is 16.3. The SMILES string of the molecule is Cc1ccccc1[C@H]1[C@@H]2CN(CC(=O)O)C[C@H]2CCN1C(=O)N(C)[C@H](C)c1cc(C(F)(F)F)cc(C(F)(F)F)c1.Cc1ccccc1[C@H]1[C@@H]2CN(CC(N)=O)C[C@H]2CCN1C(=O)N(C)[C@H](C)c1cc(C(F)(F)F)cc(C(F)(F)F)c1. The number of aryl methyl sites for hydroxylation is 2. The van der Waals surface area contributed by atoms with Crippen molar-refractivity contribution in [2.24, 2.45) is 29.4 Å². The number of carbonyl (C=O) groups excluding carboxylic acids is 3. The van der Waals surface area contributed by atoms with Crippen molar-refractivity contribution in [3.8, 4) is 0 Å². The van der Waals surface area contributed by atoms with E-state index in [1.807, 2.05) is 72.2 Å². The van der Waals surface area contributed by atoms with Crippen LogP contribution in [0.15, 0.2) is 84.9 Å². The number of likely N-dealkylation sites (tertiary alicyclic amines) is 4. The first-order valence-electron chi connectivity index (χ1n) is 25.9. The number of carboxylic acids is 1. The van der Waals surface area contributed by atoms with Gasteiger partial charge in [-0.25, -0.2) is 9.59 Å². The molecule has 3 N–H and O–H groups in total. The first-order valence-corrected chi connectivity index (χ1v) is 25.9. The Labute approximate surface area is 455 Å². The van der Waals surface area contributed by atoms with Gasteiger partial charge in [0.15, 0.2) is 0 Å². The van der Waals surface area contributed by atoms with E-state index in [0.29, 0.717) is 76.4 Å². The van der Waals surface area contributed by atoms with Gasteiger partial charge in [-0.1, -0.05) is 48.5 Å². The number of halogens is 12. The third-order valence-corrected chi connectivity index (χ3v) is 16.3. The van der Waals surface area contributed by atoms with Gasteiger partial charge in [0, 0.05) is 65.2 Å². The second-order valence-corrected chi connectivity index (χ2v) is 21.5. The predicted octanol–water partition coefficient (Wildman–Crippen LogP) is 11.9. The van der Waals surface area contributed by atoms with E-state index in [1.54, 1.807) is 9.80 Å². The van der Waals surface area contributed by atoms with E-state index < -0.39 is 95.1 Å². The number of aliphatic carboxylic acids is 1. The van der Waals surface area contributed by atoms with Gasteiger partial charge in [-0.2, -0.15) is 52.7 Å². The first-order chi connectivity index (χ1) is 37.1. The van der Waals surface area contributed by atoms with Gasteiger partial charge in [0.1, 0.15) is 0 Å². The average molecular weight is 1140 g/mol. The maximum atomic E-state index is 13.9. The van der Waals surface area contributed by atoms with Crippen LogP contribution in [0.4, 0.5) is 62.3 Å². The summed E-state index contributed by atoms with van der Waals surface area (Å²) in [6, 6.07) is 13.8. The molecule has 4 heterocycles. The largest absolute Gasteiger partial charge is 0.480 e. The normalized spacial score (nSPS) is 22.6. The Morgan fingerprint density at radius 2 is 0.875 bits per heavy atom. The van der Waals surface area contributed by atoms with Crippen molar-refractivity contribution in [2.75, 3.05) is 66.5 Å². The van der Waals surface area contributed by atoms with Gasteiger partial charge in [0.05, 0.1) is 59.5 Å². The fourth-order valence-corrected chi connectivity index (χ4v) is 12.0. The molecule has 0 unspecified atom stereocenters. The molecule has 0 spiro atoms. The number of nitrogens with zero attached hydrogens (tertiary/aromatic N) is 6. The van der Waals surface area contributed by atoms with Crippen LogP contribution in [-0.4, -0.2) is 125 Å². The van der Waals surface area contributed by atoms with E-state index in [0.717, 1.165) is 22.3 Å². The topological polar surface area (TPSA) is 134 Å². The Bertz CT molecular complexity index is 2660. The second-order valence-electron chi connectivity index (χ2n) is 21.5. The smallest absolute Gasteiger partial charge is 0.416 e. The number of piperidine rings is 2. The number of carbonyl (C=O) groups is 4. The van der Waals surface area contributed by atoms with Crippen LogP contribution < -0.4 is 5.73 Å². The highest BCUT2D eigenvalue weighted by Gasteiger charge is 2.50. The van der Waals surface area contributed by atoms with Gasteiger partial charge in [0.2, 0.25) is 5.91 Å². The minimum Gasteiger partial charge on any atom is -0.480 e. The lowest BCUT2D eigenvalue weighted by Gasteiger charge is -2.45. The Balaban J connectivity index is 0.000000231. The molecule has 4 aliphatic heterocycles. The Hall–Kier alpha value is -6.56. The van der Waals surface area contributed by atoms with Crippen LogP contribution in [0.1, 0.15) is 106 Å². The van der Waals surface area contributed by atoms with Gasteiger partial charge < -0.3 is 30.4 Å². The number of rotatable bonds is 10. The molecule has 0 bridgehead atoms. The standard InChI is InChI=1S/C28H32F6N4O2.C28H31F6N3O3/c1-16-6-4-5-7-22(16)25-23-14-37(15-24(35)39)13-18(23)8-9-38(25)26(40)36(3)17(2)19-10-20(27(29,30)31)12-21(11-19)28(32,33)34;1-16-6-4-5-7-22(16)25-23-14-36(15-24(38)39)13-18(23)8-9-37(25)26(40)35(3)17(2)19-10-20(27(29,30)31)12-21(11-19)28(32,33)34/h4-7,10-12,17-18,23,25H,8-9,13-15H2,1-3H3,(H2,35,39);4-7,10-12,17-18,23,25H,8-9,13-15H2,1-3H3,(H,38,39)/t2*17-,18-,23-,25+/m11/s1. The first kappa shape index (κ1) is 61.1. The van der Waals surface area contributed by atoms with Crippen molar-refractivity contribution in [2.45, 2.75) is 89.4 Å². The Kier molecular flexibility index (Phi) is 17.9. The molecule has 0 saturated carbocycles. The fourth-order valence-electron chi connectivity index (χ4n) is 12.0. The van der Waals surface area contributed by atoms with Crippen LogP contribution in [0, 0.1) is 37.5 Å². The summed E-state index contributed by atoms with van der Waals surface area (Å²) in [6.07, 6.45) is -18.7. The highest BCUT2D eigenvalue weighted by Crippen LogP contribution is 2.48. The zero-order valence-electron chi connectivity index (χ0n) is 44.6. The molecule has 0 radical (unpaired) electrons. The van der Waals surface area contributed by atoms with E-state index >= 15 is 0 Å². The van der Waals surface area contributed by atoms with Gasteiger partial charge in [-0.05, 0) is 122 Å². The molecule has 4 aromatic carbocycles. The predicted molar refractivity (Wildman–Crippen MR) is 270 cm³/mol. The van der Waals surface area contributed by atoms with Crippen molar-refractivity contribution in [1.29, 1.82) is 0 Å². The summed E-state index contributed by atoms with van der Waals surface area (Å²) in [7, 11) is 2.75. The number of carboxylic acid groups (broad SMARTS) is 1. The van der Waals surface area contributed by atoms with Gasteiger partial charge in [0.25, 0.3) is 0 Å². The number of alkyl halides is 12. The molecule has 4 saturated heterocycles. The van der Waals surface area contributed by atoms with Crippen LogP contribution in [0.3, 0.4) is 0 Å². The quantitative estimate of drug-likeness (QED) is 0.151. The van der Waals surface area contributed by atoms with E-state index in [2.05, 4.69) is 0 Å². The number of fused-ring (bicyclic) bond motifs is 2. The number of nitrogens with two attached hydrogens (primary N) is 1. The molecular formula is C56H63F12N7O5. The number of amides is 5. The van der Waals surface area contributed by atoms with E-state index in [1.165, 1.54) is 37.7 Å². The molecule has 0 aromatic heterocycles. The lowest BCUT2D eigenvalue weighted by molar-refractivity contribution is -0.144. The van der Waals surface area contributed by atoms with Gasteiger partial charge >= 0.3 is 42.7 Å². The molecule has 4 aromatic rings. The van der Waals surface area contributed by atoms with Crippen LogP contribution in [-0.2, 0) is 34.3 Å². The van der Waals surface area contributed by atoms with Gasteiger partial charge in [-0.3, -0.25) is 19.4 Å². The molecule has 12 nitrogen and oxygen atoms in total. The zero-order valence-corrected chi connectivity index (χ0v) is 44.6. The lowest BCUT2D eigenvalue weighted by atomic mass is 9.78. The number of hydrogen-bond donors (Lipinski definition) is 2. The molecule has 0 aliphatic carbocycles. The van der Waals surface area contributed by atoms with E-state index in [4.69, 9.17) is 5.73 Å². The maximum absolute atomic E-state index is 13.9. The highest BCUT2D eigenvalue weighted by molar-refractivity contribution is 5.77. The second kappa shape index (κ2) is 23.5. The van der Waals surface area contributed by atoms with Crippen molar-refractivity contribution < 1.29 is 77.0 Å². The minimum atomic E-state index is -5.00. The maximum Gasteiger partial charge on any atom is 0.416 e. The highest BCUT2D eigenvalue weighted by atomic mass is 19.4. The zero-order chi connectivity index (χ0) is 59.1. The fraction of sp³-hybridized carbons (Fsp3) is 0.500. The molecule has 436 valence electrons. The molecule has 4 aliphatic rings. The summed E-state index contributed by atoms with van der Waals surface area (Å²) in [5.41, 5.74) is 2.79. The summed E-state index contributed by atoms with van der Waals surface area (Å²) in [5.74, 6) is -1.21. The van der Waals surface area contributed by atoms with Gasteiger partial charge in [-0.15, -0.1) is 0 Å². The number of hydrogen-bond acceptors (Lipinski definition) is 6. The summed E-state index contributed by atoms with van der Waals surface area (Å²) < 4.78 is 162. The minimum absolute atomic E-state index is 0.0350. The van der Waals surface area contributed by atoms with Crippen molar-refractivity contribution in [1.82, 2.24) is 29.4 Å². The monoisotopic (exact) mass is 1140 g/mol. The third kappa shape index (κ3) is 13.6. The van der Waals surface area contributed by atoms with Crippen LogP contribution in [0.2, 0.25) is 0 Å². The van der Waals surface area contributed by atoms with E-state index in [-0.39, 0.29) is 60.0 Å². The molecular weight excluding hydrogens is 1080 g/mol. The summed E-state index contributed by atoms with van der Waals surface area (Å²) in [6.45, 7) is 9.44. The molecule has 4 fully saturated rings. The van der Waals surface area contributed by atoms with E-state index in [9.17, 15) is 77.0 Å². The summed E-state index contributed by atoms with van der Waals surface area (Å²) in [5, 5.41) is 9.30. The molecule has 5 amide bonds. The van der Waals surface area contributed by atoms with Crippen LogP contribution in [0.5, 0.6) is 0 Å².